The van der Waals surface area contributed by atoms with Crippen LogP contribution >= 0.6 is 11.6 Å². The molecule has 0 fully saturated rings. The number of carbonyl (C=O) groups excluding carboxylic acids is 1. The van der Waals surface area contributed by atoms with Gasteiger partial charge in [0.25, 0.3) is 15.9 Å². The molecular formula is C21H17ClN4O4S. The van der Waals surface area contributed by atoms with Gasteiger partial charge in [0, 0.05) is 11.3 Å². The van der Waals surface area contributed by atoms with Crippen molar-refractivity contribution in [1.82, 2.24) is 9.97 Å². The second kappa shape index (κ2) is 8.29. The fourth-order valence-corrected chi connectivity index (χ4v) is 4.50. The smallest absolute Gasteiger partial charge is 0.263 e. The number of aromatic nitrogens is 2. The van der Waals surface area contributed by atoms with Crippen molar-refractivity contribution < 1.29 is 17.9 Å². The van der Waals surface area contributed by atoms with Crippen LogP contribution in [0.4, 0.5) is 11.6 Å². The van der Waals surface area contributed by atoms with Gasteiger partial charge in [-0.2, -0.15) is 0 Å². The van der Waals surface area contributed by atoms with E-state index in [2.05, 4.69) is 20.0 Å². The molecule has 1 amide bonds. The SMILES string of the molecule is COc1ccc(NS(=O)(=O)c2cc(C(=O)Nc3nc4ccccc4[nH]3)ccc2Cl)cc1. The van der Waals surface area contributed by atoms with Crippen molar-refractivity contribution >= 4 is 50.2 Å². The van der Waals surface area contributed by atoms with Crippen LogP contribution in [0.5, 0.6) is 5.75 Å². The topological polar surface area (TPSA) is 113 Å². The van der Waals surface area contributed by atoms with E-state index >= 15 is 0 Å². The Bertz CT molecular complexity index is 1330. The highest BCUT2D eigenvalue weighted by Crippen LogP contribution is 2.26. The highest BCUT2D eigenvalue weighted by molar-refractivity contribution is 7.92. The van der Waals surface area contributed by atoms with E-state index < -0.39 is 15.9 Å². The van der Waals surface area contributed by atoms with Gasteiger partial charge < -0.3 is 9.72 Å². The van der Waals surface area contributed by atoms with Crippen molar-refractivity contribution in [1.29, 1.82) is 0 Å². The normalized spacial score (nSPS) is 11.3. The number of nitrogens with zero attached hydrogens (tertiary/aromatic N) is 1. The van der Waals surface area contributed by atoms with E-state index in [9.17, 15) is 13.2 Å². The summed E-state index contributed by atoms with van der Waals surface area (Å²) in [6, 6.07) is 17.7. The molecule has 0 atom stereocenters. The van der Waals surface area contributed by atoms with Gasteiger partial charge in [-0.25, -0.2) is 13.4 Å². The fraction of sp³-hybridized carbons (Fsp3) is 0.0476. The Labute approximate surface area is 183 Å². The maximum Gasteiger partial charge on any atom is 0.263 e. The lowest BCUT2D eigenvalue weighted by Crippen LogP contribution is -2.17. The van der Waals surface area contributed by atoms with Gasteiger partial charge in [0.15, 0.2) is 0 Å². The summed E-state index contributed by atoms with van der Waals surface area (Å²) < 4.78 is 33.2. The average molecular weight is 457 g/mol. The molecule has 158 valence electrons. The zero-order chi connectivity index (χ0) is 22.0. The van der Waals surface area contributed by atoms with Crippen LogP contribution in [0, 0.1) is 0 Å². The molecule has 1 heterocycles. The van der Waals surface area contributed by atoms with E-state index in [4.69, 9.17) is 16.3 Å². The molecule has 1 aromatic heterocycles. The number of ether oxygens (including phenoxy) is 1. The molecule has 3 aromatic carbocycles. The molecule has 4 aromatic rings. The largest absolute Gasteiger partial charge is 0.497 e. The number of carbonyl (C=O) groups is 1. The Morgan fingerprint density at radius 3 is 2.52 bits per heavy atom. The summed E-state index contributed by atoms with van der Waals surface area (Å²) in [6.45, 7) is 0. The van der Waals surface area contributed by atoms with Crippen molar-refractivity contribution in [2.75, 3.05) is 17.1 Å². The third-order valence-corrected chi connectivity index (χ3v) is 6.31. The zero-order valence-electron chi connectivity index (χ0n) is 16.2. The Kier molecular flexibility index (Phi) is 5.53. The van der Waals surface area contributed by atoms with Crippen LogP contribution in [-0.2, 0) is 10.0 Å². The van der Waals surface area contributed by atoms with E-state index in [1.807, 2.05) is 18.2 Å². The number of halogens is 1. The molecule has 10 heteroatoms. The predicted octanol–water partition coefficient (Wildman–Crippen LogP) is 4.28. The number of hydrogen-bond donors (Lipinski definition) is 3. The van der Waals surface area contributed by atoms with Crippen LogP contribution in [0.15, 0.2) is 71.6 Å². The Morgan fingerprint density at radius 1 is 1.06 bits per heavy atom. The van der Waals surface area contributed by atoms with Gasteiger partial charge in [0.05, 0.1) is 23.2 Å². The number of H-pyrrole nitrogens is 1. The highest BCUT2D eigenvalue weighted by atomic mass is 35.5. The number of amides is 1. The number of sulfonamides is 1. The number of nitrogens with one attached hydrogen (secondary N) is 3. The molecule has 0 aliphatic heterocycles. The maximum absolute atomic E-state index is 12.9. The molecule has 0 spiro atoms. The summed E-state index contributed by atoms with van der Waals surface area (Å²) in [7, 11) is -2.52. The first-order valence-corrected chi connectivity index (χ1v) is 10.9. The predicted molar refractivity (Wildman–Crippen MR) is 119 cm³/mol. The first-order valence-electron chi connectivity index (χ1n) is 9.08. The van der Waals surface area contributed by atoms with Crippen molar-refractivity contribution in [2.24, 2.45) is 0 Å². The molecule has 0 aliphatic carbocycles. The third kappa shape index (κ3) is 4.47. The molecule has 31 heavy (non-hydrogen) atoms. The van der Waals surface area contributed by atoms with E-state index in [0.29, 0.717) is 17.0 Å². The van der Waals surface area contributed by atoms with Gasteiger partial charge in [-0.15, -0.1) is 0 Å². The second-order valence-corrected chi connectivity index (χ2v) is 8.59. The lowest BCUT2D eigenvalue weighted by Gasteiger charge is -2.11. The van der Waals surface area contributed by atoms with Gasteiger partial charge in [0.1, 0.15) is 10.6 Å². The van der Waals surface area contributed by atoms with Crippen molar-refractivity contribution in [3.8, 4) is 5.75 Å². The number of hydrogen-bond acceptors (Lipinski definition) is 5. The first-order chi connectivity index (χ1) is 14.9. The standard InChI is InChI=1S/C21H17ClN4O4S/c1-30-15-9-7-14(8-10-15)26-31(28,29)19-12-13(6-11-16(19)22)20(27)25-21-23-17-4-2-3-5-18(17)24-21/h2-12,26H,1H3,(H2,23,24,25,27). The number of methoxy groups -OCH3 is 1. The van der Waals surface area contributed by atoms with E-state index in [-0.39, 0.29) is 21.4 Å². The van der Waals surface area contributed by atoms with E-state index in [1.54, 1.807) is 30.3 Å². The first kappa shape index (κ1) is 20.7. The van der Waals surface area contributed by atoms with Gasteiger partial charge in [-0.05, 0) is 54.6 Å². The average Bonchev–Trinajstić information content (AvgIpc) is 3.16. The van der Waals surface area contributed by atoms with Crippen LogP contribution in [0.3, 0.4) is 0 Å². The maximum atomic E-state index is 12.9. The van der Waals surface area contributed by atoms with Gasteiger partial charge in [-0.3, -0.25) is 14.8 Å². The monoisotopic (exact) mass is 456 g/mol. The van der Waals surface area contributed by atoms with Crippen molar-refractivity contribution in [3.05, 3.63) is 77.3 Å². The van der Waals surface area contributed by atoms with Gasteiger partial charge in [-0.1, -0.05) is 23.7 Å². The number of para-hydroxylation sites is 2. The highest BCUT2D eigenvalue weighted by Gasteiger charge is 2.21. The molecule has 0 unspecified atom stereocenters. The molecule has 4 rings (SSSR count). The number of imidazole rings is 1. The molecule has 8 nitrogen and oxygen atoms in total. The van der Waals surface area contributed by atoms with Crippen LogP contribution in [0.2, 0.25) is 5.02 Å². The van der Waals surface area contributed by atoms with Crippen LogP contribution in [-0.4, -0.2) is 31.4 Å². The third-order valence-electron chi connectivity index (χ3n) is 4.45. The lowest BCUT2D eigenvalue weighted by molar-refractivity contribution is 0.102. The number of anilines is 2. The number of aromatic amines is 1. The van der Waals surface area contributed by atoms with Gasteiger partial charge in [0.2, 0.25) is 5.95 Å². The van der Waals surface area contributed by atoms with E-state index in [0.717, 1.165) is 5.52 Å². The van der Waals surface area contributed by atoms with Crippen LogP contribution in [0.25, 0.3) is 11.0 Å². The summed E-state index contributed by atoms with van der Waals surface area (Å²) in [5, 5.41) is 2.62. The molecular weight excluding hydrogens is 440 g/mol. The molecule has 0 radical (unpaired) electrons. The zero-order valence-corrected chi connectivity index (χ0v) is 17.8. The summed E-state index contributed by atoms with van der Waals surface area (Å²) >= 11 is 6.12. The number of rotatable bonds is 6. The van der Waals surface area contributed by atoms with Crippen LogP contribution < -0.4 is 14.8 Å². The minimum atomic E-state index is -4.04. The Hall–Kier alpha value is -3.56. The minimum Gasteiger partial charge on any atom is -0.497 e. The fourth-order valence-electron chi connectivity index (χ4n) is 2.91. The number of fused-ring (bicyclic) bond motifs is 1. The molecule has 0 bridgehead atoms. The molecule has 0 aliphatic rings. The number of benzene rings is 3. The Balaban J connectivity index is 1.58. The molecule has 0 saturated heterocycles. The van der Waals surface area contributed by atoms with Crippen molar-refractivity contribution in [2.45, 2.75) is 4.90 Å². The summed E-state index contributed by atoms with van der Waals surface area (Å²) in [5.41, 5.74) is 1.90. The van der Waals surface area contributed by atoms with Crippen molar-refractivity contribution in [3.63, 3.8) is 0 Å². The lowest BCUT2D eigenvalue weighted by atomic mass is 10.2. The molecule has 0 saturated carbocycles. The summed E-state index contributed by atoms with van der Waals surface area (Å²) in [4.78, 5) is 19.7. The summed E-state index contributed by atoms with van der Waals surface area (Å²) in [5.74, 6) is 0.309. The minimum absolute atomic E-state index is 0.0127. The quantitative estimate of drug-likeness (QED) is 0.401. The van der Waals surface area contributed by atoms with Crippen LogP contribution in [0.1, 0.15) is 10.4 Å². The van der Waals surface area contributed by atoms with E-state index in [1.165, 1.54) is 25.3 Å². The molecule has 3 N–H and O–H groups in total. The van der Waals surface area contributed by atoms with Gasteiger partial charge >= 0.3 is 0 Å². The Morgan fingerprint density at radius 2 is 1.81 bits per heavy atom. The second-order valence-electron chi connectivity index (χ2n) is 6.54. The summed E-state index contributed by atoms with van der Waals surface area (Å²) in [6.07, 6.45) is 0.